The summed E-state index contributed by atoms with van der Waals surface area (Å²) in [6.07, 6.45) is 10.5. The van der Waals surface area contributed by atoms with Crippen molar-refractivity contribution in [1.29, 1.82) is 0 Å². The van der Waals surface area contributed by atoms with E-state index in [0.717, 1.165) is 25.8 Å². The molecule has 0 atom stereocenters. The van der Waals surface area contributed by atoms with Crippen LogP contribution in [0.1, 0.15) is 46.0 Å². The third-order valence-corrected chi connectivity index (χ3v) is 3.62. The van der Waals surface area contributed by atoms with Crippen LogP contribution in [0, 0.1) is 0 Å². The van der Waals surface area contributed by atoms with Crippen LogP contribution >= 0.6 is 0 Å². The minimum Gasteiger partial charge on any atom is -0.356 e. The van der Waals surface area contributed by atoms with Gasteiger partial charge in [0.2, 0.25) is 5.91 Å². The van der Waals surface area contributed by atoms with Gasteiger partial charge in [-0.2, -0.15) is 0 Å². The van der Waals surface area contributed by atoms with Gasteiger partial charge in [0.1, 0.15) is 0 Å². The summed E-state index contributed by atoms with van der Waals surface area (Å²) in [6, 6.07) is 0.513. The number of imide groups is 1. The highest BCUT2D eigenvalue weighted by Gasteiger charge is 2.21. The molecule has 0 aromatic heterocycles. The third kappa shape index (κ3) is 8.62. The van der Waals surface area contributed by atoms with Gasteiger partial charge in [-0.3, -0.25) is 19.3 Å². The molecule has 0 unspecified atom stereocenters. The number of amides is 3. The molecule has 0 radical (unpaired) electrons. The molecule has 24 heavy (non-hydrogen) atoms. The first kappa shape index (κ1) is 20.1. The summed E-state index contributed by atoms with van der Waals surface area (Å²) in [5, 5.41) is 6.23. The second-order valence-electron chi connectivity index (χ2n) is 6.15. The highest BCUT2D eigenvalue weighted by Crippen LogP contribution is 2.03. The minimum absolute atomic E-state index is 0.0781. The summed E-state index contributed by atoms with van der Waals surface area (Å²) in [5.41, 5.74) is 0. The summed E-state index contributed by atoms with van der Waals surface area (Å²) < 4.78 is 0. The smallest absolute Gasteiger partial charge is 0.253 e. The molecule has 0 spiro atoms. The van der Waals surface area contributed by atoms with Crippen LogP contribution in [0.3, 0.4) is 0 Å². The summed E-state index contributed by atoms with van der Waals surface area (Å²) in [6.45, 7) is 6.11. The zero-order chi connectivity index (χ0) is 17.8. The molecule has 0 saturated carbocycles. The lowest BCUT2D eigenvalue weighted by Crippen LogP contribution is -2.29. The predicted molar refractivity (Wildman–Crippen MR) is 94.2 cm³/mol. The highest BCUT2D eigenvalue weighted by atomic mass is 16.2. The van der Waals surface area contributed by atoms with E-state index in [0.29, 0.717) is 25.4 Å². The molecule has 0 aromatic rings. The van der Waals surface area contributed by atoms with Crippen molar-refractivity contribution in [3.63, 3.8) is 0 Å². The molecule has 3 amide bonds. The Morgan fingerprint density at radius 3 is 2.46 bits per heavy atom. The van der Waals surface area contributed by atoms with Gasteiger partial charge in [-0.25, -0.2) is 0 Å². The molecule has 0 fully saturated rings. The monoisotopic (exact) mass is 335 g/mol. The molecule has 134 valence electrons. The lowest BCUT2D eigenvalue weighted by atomic mass is 10.2. The Morgan fingerprint density at radius 1 is 1.08 bits per heavy atom. The number of hydrogen-bond donors (Lipinski definition) is 2. The van der Waals surface area contributed by atoms with Crippen LogP contribution in [-0.2, 0) is 14.4 Å². The standard InChI is InChI=1S/C18H29N3O3/c1-15(2)19-12-6-3-5-9-16(22)20-13-7-4-8-14-21-17(23)10-11-18(21)24/h4,8,10-11,15,19H,3,5-7,9,12-14H2,1-2H3,(H,20,22)/b8-4+. The van der Waals surface area contributed by atoms with Crippen LogP contribution in [0.5, 0.6) is 0 Å². The average molecular weight is 335 g/mol. The predicted octanol–water partition coefficient (Wildman–Crippen LogP) is 1.53. The van der Waals surface area contributed by atoms with Crippen LogP contribution < -0.4 is 10.6 Å². The number of carbonyl (C=O) groups is 3. The molecule has 0 aliphatic carbocycles. The topological polar surface area (TPSA) is 78.5 Å². The van der Waals surface area contributed by atoms with Crippen molar-refractivity contribution in [2.24, 2.45) is 0 Å². The van der Waals surface area contributed by atoms with E-state index in [-0.39, 0.29) is 24.3 Å². The molecule has 1 rings (SSSR count). The van der Waals surface area contributed by atoms with E-state index in [1.165, 1.54) is 17.1 Å². The normalized spacial score (nSPS) is 14.4. The van der Waals surface area contributed by atoms with Gasteiger partial charge in [0.15, 0.2) is 0 Å². The zero-order valence-corrected chi connectivity index (χ0v) is 14.7. The lowest BCUT2D eigenvalue weighted by molar-refractivity contribution is -0.136. The van der Waals surface area contributed by atoms with Gasteiger partial charge in [-0.05, 0) is 25.8 Å². The van der Waals surface area contributed by atoms with Gasteiger partial charge in [0.05, 0.1) is 0 Å². The summed E-state index contributed by atoms with van der Waals surface area (Å²) in [7, 11) is 0. The molecule has 1 aliphatic heterocycles. The molecule has 0 saturated heterocycles. The number of rotatable bonds is 12. The average Bonchev–Trinajstić information content (AvgIpc) is 2.85. The van der Waals surface area contributed by atoms with Crippen molar-refractivity contribution in [3.8, 4) is 0 Å². The van der Waals surface area contributed by atoms with Gasteiger partial charge in [-0.1, -0.05) is 32.4 Å². The maximum atomic E-state index is 11.7. The van der Waals surface area contributed by atoms with Crippen LogP contribution in [0.2, 0.25) is 0 Å². The minimum atomic E-state index is -0.276. The molecule has 1 aliphatic rings. The van der Waals surface area contributed by atoms with E-state index in [4.69, 9.17) is 0 Å². The van der Waals surface area contributed by atoms with E-state index >= 15 is 0 Å². The number of carbonyl (C=O) groups excluding carboxylic acids is 3. The Labute approximate surface area is 144 Å². The van der Waals surface area contributed by atoms with Gasteiger partial charge >= 0.3 is 0 Å². The van der Waals surface area contributed by atoms with E-state index in [9.17, 15) is 14.4 Å². The molecule has 0 bridgehead atoms. The van der Waals surface area contributed by atoms with Crippen LogP contribution in [-0.4, -0.2) is 48.3 Å². The van der Waals surface area contributed by atoms with Gasteiger partial charge < -0.3 is 10.6 Å². The van der Waals surface area contributed by atoms with Crippen molar-refractivity contribution in [1.82, 2.24) is 15.5 Å². The molecular formula is C18H29N3O3. The summed E-state index contributed by atoms with van der Waals surface area (Å²) >= 11 is 0. The fourth-order valence-corrected chi connectivity index (χ4v) is 2.27. The quantitative estimate of drug-likeness (QED) is 0.322. The van der Waals surface area contributed by atoms with Crippen LogP contribution in [0.4, 0.5) is 0 Å². The van der Waals surface area contributed by atoms with Crippen molar-refractivity contribution < 1.29 is 14.4 Å². The molecule has 1 heterocycles. The van der Waals surface area contributed by atoms with Crippen molar-refractivity contribution in [2.45, 2.75) is 52.0 Å². The SMILES string of the molecule is CC(C)NCCCCCC(=O)NCC/C=C/CN1C(=O)C=CC1=O. The Morgan fingerprint density at radius 2 is 1.79 bits per heavy atom. The van der Waals surface area contributed by atoms with Crippen molar-refractivity contribution in [2.75, 3.05) is 19.6 Å². The van der Waals surface area contributed by atoms with E-state index in [1.54, 1.807) is 6.08 Å². The lowest BCUT2D eigenvalue weighted by Gasteiger charge is -2.10. The Bertz CT molecular complexity index is 466. The highest BCUT2D eigenvalue weighted by molar-refractivity contribution is 6.12. The Kier molecular flexibility index (Phi) is 9.68. The first-order valence-corrected chi connectivity index (χ1v) is 8.69. The van der Waals surface area contributed by atoms with E-state index in [2.05, 4.69) is 24.5 Å². The first-order chi connectivity index (χ1) is 11.5. The van der Waals surface area contributed by atoms with E-state index in [1.807, 2.05) is 6.08 Å². The molecule has 6 heteroatoms. The molecule has 6 nitrogen and oxygen atoms in total. The first-order valence-electron chi connectivity index (χ1n) is 8.69. The van der Waals surface area contributed by atoms with Crippen molar-refractivity contribution in [3.05, 3.63) is 24.3 Å². The van der Waals surface area contributed by atoms with Gasteiger partial charge in [-0.15, -0.1) is 0 Å². The number of hydrogen-bond acceptors (Lipinski definition) is 4. The van der Waals surface area contributed by atoms with Gasteiger partial charge in [0, 0.05) is 37.7 Å². The molecule has 0 aromatic carbocycles. The largest absolute Gasteiger partial charge is 0.356 e. The summed E-state index contributed by atoms with van der Waals surface area (Å²) in [4.78, 5) is 35.5. The Balaban J connectivity index is 1.96. The third-order valence-electron chi connectivity index (χ3n) is 3.62. The molecule has 2 N–H and O–H groups in total. The second-order valence-corrected chi connectivity index (χ2v) is 6.15. The maximum absolute atomic E-state index is 11.7. The number of nitrogens with zero attached hydrogens (tertiary/aromatic N) is 1. The van der Waals surface area contributed by atoms with Crippen LogP contribution in [0.25, 0.3) is 0 Å². The van der Waals surface area contributed by atoms with Crippen LogP contribution in [0.15, 0.2) is 24.3 Å². The van der Waals surface area contributed by atoms with Gasteiger partial charge in [0.25, 0.3) is 11.8 Å². The molecular weight excluding hydrogens is 306 g/mol. The maximum Gasteiger partial charge on any atom is 0.253 e. The second kappa shape index (κ2) is 11.6. The number of nitrogens with one attached hydrogen (secondary N) is 2. The summed E-state index contributed by atoms with van der Waals surface area (Å²) in [5.74, 6) is -0.475. The van der Waals surface area contributed by atoms with Crippen molar-refractivity contribution >= 4 is 17.7 Å². The fourth-order valence-electron chi connectivity index (χ4n) is 2.27. The fraction of sp³-hybridized carbons (Fsp3) is 0.611. The van der Waals surface area contributed by atoms with E-state index < -0.39 is 0 Å². The zero-order valence-electron chi connectivity index (χ0n) is 14.7. The number of unbranched alkanes of at least 4 members (excludes halogenated alkanes) is 2. The Hall–Kier alpha value is -1.95.